The highest BCUT2D eigenvalue weighted by atomic mass is 32.2. The minimum atomic E-state index is -3.95. The highest BCUT2D eigenvalue weighted by molar-refractivity contribution is 7.91. The number of anilines is 1. The van der Waals surface area contributed by atoms with Crippen LogP contribution in [0, 0.1) is 5.41 Å². The molecule has 0 spiro atoms. The molecular formula is C35H50N4O5S2. The summed E-state index contributed by atoms with van der Waals surface area (Å²) in [6.45, 7) is 16.8. The van der Waals surface area contributed by atoms with Crippen LogP contribution in [0.4, 0.5) is 5.69 Å². The van der Waals surface area contributed by atoms with Gasteiger partial charge in [0, 0.05) is 69.5 Å². The monoisotopic (exact) mass is 670 g/mol. The Labute approximate surface area is 278 Å². The van der Waals surface area contributed by atoms with Crippen molar-refractivity contribution in [1.82, 2.24) is 14.8 Å². The number of piperazine rings is 1. The first kappa shape index (κ1) is 34.9. The van der Waals surface area contributed by atoms with Gasteiger partial charge >= 0.3 is 0 Å². The fourth-order valence-corrected chi connectivity index (χ4v) is 9.21. The van der Waals surface area contributed by atoms with Gasteiger partial charge in [0.25, 0.3) is 0 Å². The molecule has 1 atom stereocenters. The largest absolute Gasteiger partial charge is 0.612 e. The van der Waals surface area contributed by atoms with Gasteiger partial charge in [-0.3, -0.25) is 14.8 Å². The number of aliphatic hydroxyl groups is 1. The van der Waals surface area contributed by atoms with Gasteiger partial charge in [0.1, 0.15) is 22.5 Å². The van der Waals surface area contributed by atoms with Crippen LogP contribution in [0.5, 0.6) is 5.75 Å². The second-order valence-electron chi connectivity index (χ2n) is 14.5. The maximum Gasteiger partial charge on any atom is 0.210 e. The smallest absolute Gasteiger partial charge is 0.210 e. The number of hydrogen-bond acceptors (Lipinski definition) is 9. The molecule has 0 radical (unpaired) electrons. The van der Waals surface area contributed by atoms with E-state index in [0.717, 1.165) is 45.4 Å². The summed E-state index contributed by atoms with van der Waals surface area (Å²) in [4.78, 5) is 12.6. The number of fused-ring (bicyclic) bond motifs is 1. The van der Waals surface area contributed by atoms with Crippen molar-refractivity contribution >= 4 is 37.6 Å². The number of hydrogen-bond donors (Lipinski definition) is 1. The highest BCUT2D eigenvalue weighted by Crippen LogP contribution is 2.39. The Morgan fingerprint density at radius 3 is 2.22 bits per heavy atom. The Bertz CT molecular complexity index is 1590. The summed E-state index contributed by atoms with van der Waals surface area (Å²) in [7, 11) is -3.95. The molecule has 2 aliphatic rings. The third kappa shape index (κ3) is 8.17. The third-order valence-electron chi connectivity index (χ3n) is 9.00. The van der Waals surface area contributed by atoms with Crippen molar-refractivity contribution in [2.24, 2.45) is 5.41 Å². The molecule has 0 saturated carbocycles. The number of rotatable bonds is 10. The molecule has 0 bridgehead atoms. The van der Waals surface area contributed by atoms with E-state index < -0.39 is 26.6 Å². The highest BCUT2D eigenvalue weighted by Gasteiger charge is 2.33. The summed E-state index contributed by atoms with van der Waals surface area (Å²) in [6.07, 6.45) is 5.79. The lowest BCUT2D eigenvalue weighted by Crippen LogP contribution is -2.53. The van der Waals surface area contributed by atoms with E-state index in [1.807, 2.05) is 26.0 Å². The van der Waals surface area contributed by atoms with E-state index in [-0.39, 0.29) is 21.8 Å². The molecule has 2 aliphatic heterocycles. The second kappa shape index (κ2) is 14.0. The van der Waals surface area contributed by atoms with Gasteiger partial charge < -0.3 is 19.3 Å². The summed E-state index contributed by atoms with van der Waals surface area (Å²) < 4.78 is 47.5. The first-order valence-corrected chi connectivity index (χ1v) is 19.3. The third-order valence-corrected chi connectivity index (χ3v) is 11.7. The number of ether oxygens (including phenoxy) is 1. The van der Waals surface area contributed by atoms with Crippen molar-refractivity contribution in [3.63, 3.8) is 0 Å². The molecule has 46 heavy (non-hydrogen) atoms. The van der Waals surface area contributed by atoms with E-state index in [0.29, 0.717) is 52.9 Å². The zero-order valence-corrected chi connectivity index (χ0v) is 29.8. The molecule has 0 aliphatic carbocycles. The molecule has 1 N–H and O–H groups in total. The number of piperidine rings is 1. The average Bonchev–Trinajstić information content (AvgIpc) is 2.99. The Morgan fingerprint density at radius 2 is 1.63 bits per heavy atom. The Hall–Kier alpha value is -2.41. The molecular weight excluding hydrogens is 621 g/mol. The van der Waals surface area contributed by atoms with Gasteiger partial charge in [0.05, 0.1) is 22.7 Å². The number of nitrogens with zero attached hydrogens (tertiary/aromatic N) is 4. The van der Waals surface area contributed by atoms with Gasteiger partial charge in [-0.25, -0.2) is 8.42 Å². The van der Waals surface area contributed by atoms with E-state index >= 15 is 0 Å². The Kier molecular flexibility index (Phi) is 10.6. The summed E-state index contributed by atoms with van der Waals surface area (Å²) >= 11 is -1.23. The maximum atomic E-state index is 14.3. The molecule has 9 nitrogen and oxygen atoms in total. The average molecular weight is 671 g/mol. The van der Waals surface area contributed by atoms with Gasteiger partial charge in [0.2, 0.25) is 9.84 Å². The van der Waals surface area contributed by atoms with Gasteiger partial charge in [0.15, 0.2) is 4.90 Å². The van der Waals surface area contributed by atoms with Crippen LogP contribution in [-0.2, 0) is 21.0 Å². The van der Waals surface area contributed by atoms with Crippen molar-refractivity contribution in [2.45, 2.75) is 80.2 Å². The van der Waals surface area contributed by atoms with Crippen molar-refractivity contribution < 1.29 is 22.8 Å². The van der Waals surface area contributed by atoms with E-state index in [1.165, 1.54) is 6.20 Å². The summed E-state index contributed by atoms with van der Waals surface area (Å²) in [6, 6.07) is 12.6. The normalized spacial score (nSPS) is 18.7. The molecule has 2 fully saturated rings. The van der Waals surface area contributed by atoms with Crippen LogP contribution in [-0.4, -0.2) is 103 Å². The van der Waals surface area contributed by atoms with Crippen molar-refractivity contribution in [1.29, 1.82) is 0 Å². The molecule has 1 unspecified atom stereocenters. The maximum absolute atomic E-state index is 14.3. The standard InChI is InChI=1S/C35H50N4O5S2/c1-34(2,3)25-35(4,5)44-27-7-10-29(11-8-27)46(42,43)32-24-36-31-12-9-28(45(6)41)23-30(31)33(32)39-15-13-26(14-16-39)38-19-17-37(18-20-38)21-22-40/h7-12,23-24,26,40H,13-22,25H2,1-6H3. The van der Waals surface area contributed by atoms with Crippen LogP contribution in [0.15, 0.2) is 63.3 Å². The van der Waals surface area contributed by atoms with Crippen molar-refractivity contribution in [3.05, 3.63) is 48.7 Å². The lowest BCUT2D eigenvalue weighted by Gasteiger charge is -2.43. The second-order valence-corrected chi connectivity index (χ2v) is 17.8. The van der Waals surface area contributed by atoms with Gasteiger partial charge in [-0.05, 0) is 86.1 Å². The number of sulfone groups is 1. The number of pyridine rings is 1. The zero-order chi connectivity index (χ0) is 33.3. The number of aliphatic hydroxyl groups excluding tert-OH is 1. The summed E-state index contributed by atoms with van der Waals surface area (Å²) in [5.74, 6) is 0.624. The fraction of sp³-hybridized carbons (Fsp3) is 0.571. The lowest BCUT2D eigenvalue weighted by molar-refractivity contribution is 0.0621. The minimum absolute atomic E-state index is 0.0836. The number of benzene rings is 2. The fourth-order valence-electron chi connectivity index (χ4n) is 7.24. The first-order valence-electron chi connectivity index (χ1n) is 16.3. The van der Waals surface area contributed by atoms with Crippen LogP contribution in [0.1, 0.15) is 53.9 Å². The topological polar surface area (TPSA) is 109 Å². The molecule has 252 valence electrons. The Morgan fingerprint density at radius 1 is 0.978 bits per heavy atom. The minimum Gasteiger partial charge on any atom is -0.612 e. The first-order chi connectivity index (χ1) is 21.7. The molecule has 3 heterocycles. The SMILES string of the molecule is C[S+]([O-])c1ccc2ncc(S(=O)(=O)c3ccc(OC(C)(C)CC(C)(C)C)cc3)c(N3CCC(N4CCN(CCO)CC4)CC3)c2c1. The van der Waals surface area contributed by atoms with Gasteiger partial charge in [-0.2, -0.15) is 0 Å². The lowest BCUT2D eigenvalue weighted by atomic mass is 9.83. The van der Waals surface area contributed by atoms with E-state index in [9.17, 15) is 18.1 Å². The summed E-state index contributed by atoms with van der Waals surface area (Å²) in [5.41, 5.74) is 0.982. The van der Waals surface area contributed by atoms with Gasteiger partial charge in [-0.15, -0.1) is 0 Å². The molecule has 2 saturated heterocycles. The van der Waals surface area contributed by atoms with Crippen LogP contribution in [0.25, 0.3) is 10.9 Å². The van der Waals surface area contributed by atoms with Crippen LogP contribution >= 0.6 is 0 Å². The molecule has 5 rings (SSSR count). The van der Waals surface area contributed by atoms with Crippen LogP contribution in [0.3, 0.4) is 0 Å². The molecule has 0 amide bonds. The van der Waals surface area contributed by atoms with E-state index in [1.54, 1.807) is 36.6 Å². The quantitative estimate of drug-likeness (QED) is 0.299. The molecule has 1 aromatic heterocycles. The molecule has 2 aromatic carbocycles. The van der Waals surface area contributed by atoms with Crippen molar-refractivity contribution in [2.75, 3.05) is 63.6 Å². The number of β-amino-alcohol motifs (C(OH)–C–C–N with tert-alkyl or cyclic N) is 1. The Balaban J connectivity index is 1.44. The predicted molar refractivity (Wildman–Crippen MR) is 185 cm³/mol. The molecule has 3 aromatic rings. The van der Waals surface area contributed by atoms with Gasteiger partial charge in [-0.1, -0.05) is 20.8 Å². The van der Waals surface area contributed by atoms with Crippen LogP contribution in [0.2, 0.25) is 0 Å². The van der Waals surface area contributed by atoms with E-state index in [2.05, 4.69) is 40.5 Å². The van der Waals surface area contributed by atoms with Crippen LogP contribution < -0.4 is 9.64 Å². The molecule has 11 heteroatoms. The van der Waals surface area contributed by atoms with Crippen molar-refractivity contribution in [3.8, 4) is 5.75 Å². The number of aromatic nitrogens is 1. The zero-order valence-electron chi connectivity index (χ0n) is 28.2. The van der Waals surface area contributed by atoms with E-state index in [4.69, 9.17) is 4.74 Å². The predicted octanol–water partition coefficient (Wildman–Crippen LogP) is 4.98. The summed E-state index contributed by atoms with van der Waals surface area (Å²) in [5, 5.41) is 10.0.